The number of aliphatic imine (C=N–C) groups is 1. The Morgan fingerprint density at radius 1 is 1.00 bits per heavy atom. The molecule has 0 aliphatic heterocycles. The molecule has 162 valence electrons. The zero-order chi connectivity index (χ0) is 21.6. The summed E-state index contributed by atoms with van der Waals surface area (Å²) in [5, 5.41) is 9.33. The quantitative estimate of drug-likeness (QED) is 0.390. The van der Waals surface area contributed by atoms with Gasteiger partial charge in [0, 0.05) is 19.6 Å². The van der Waals surface area contributed by atoms with Gasteiger partial charge in [0.1, 0.15) is 11.5 Å². The van der Waals surface area contributed by atoms with Crippen molar-refractivity contribution >= 4 is 11.9 Å². The molecule has 0 unspecified atom stereocenters. The molecule has 2 rings (SSSR count). The smallest absolute Gasteiger partial charge is 0.257 e. The van der Waals surface area contributed by atoms with Crippen LogP contribution in [-0.2, 0) is 17.8 Å². The van der Waals surface area contributed by atoms with Crippen LogP contribution in [0, 0.1) is 0 Å². The average Bonchev–Trinajstić information content (AvgIpc) is 2.77. The maximum atomic E-state index is 11.5. The van der Waals surface area contributed by atoms with Crippen LogP contribution in [0.3, 0.4) is 0 Å². The highest BCUT2D eigenvalue weighted by molar-refractivity contribution is 5.79. The van der Waals surface area contributed by atoms with Gasteiger partial charge >= 0.3 is 0 Å². The minimum Gasteiger partial charge on any atom is -0.496 e. The van der Waals surface area contributed by atoms with Crippen LogP contribution >= 0.6 is 0 Å². The Kier molecular flexibility index (Phi) is 10.1. The van der Waals surface area contributed by atoms with E-state index < -0.39 is 0 Å². The van der Waals surface area contributed by atoms with E-state index in [9.17, 15) is 4.79 Å². The van der Waals surface area contributed by atoms with E-state index in [1.807, 2.05) is 56.3 Å². The Morgan fingerprint density at radius 2 is 1.80 bits per heavy atom. The standard InChI is InChI=1S/C23H32N4O3/c1-4-24-22(28)17-30-20-11-8-9-18(15-20)16-27-23(25-5-2)26-14-13-19-10-6-7-12-21(19)29-3/h6-12,15H,4-5,13-14,16-17H2,1-3H3,(H,24,28)(H2,25,26,27). The second-order valence-corrected chi connectivity index (χ2v) is 6.57. The summed E-state index contributed by atoms with van der Waals surface area (Å²) >= 11 is 0. The first-order chi connectivity index (χ1) is 14.7. The number of methoxy groups -OCH3 is 1. The van der Waals surface area contributed by atoms with Gasteiger partial charge < -0.3 is 25.4 Å². The van der Waals surface area contributed by atoms with Gasteiger partial charge in [-0.1, -0.05) is 30.3 Å². The highest BCUT2D eigenvalue weighted by atomic mass is 16.5. The molecule has 0 radical (unpaired) electrons. The summed E-state index contributed by atoms with van der Waals surface area (Å²) in [5.74, 6) is 2.17. The number of amides is 1. The van der Waals surface area contributed by atoms with E-state index in [-0.39, 0.29) is 12.5 Å². The van der Waals surface area contributed by atoms with Gasteiger partial charge in [0.05, 0.1) is 13.7 Å². The molecule has 0 spiro atoms. The fourth-order valence-electron chi connectivity index (χ4n) is 2.87. The zero-order valence-corrected chi connectivity index (χ0v) is 18.0. The molecule has 0 atom stereocenters. The molecule has 2 aromatic rings. The van der Waals surface area contributed by atoms with E-state index in [1.54, 1.807) is 7.11 Å². The van der Waals surface area contributed by atoms with Gasteiger partial charge in [-0.15, -0.1) is 0 Å². The molecular formula is C23H32N4O3. The van der Waals surface area contributed by atoms with Crippen molar-refractivity contribution in [2.75, 3.05) is 33.4 Å². The lowest BCUT2D eigenvalue weighted by atomic mass is 10.1. The molecule has 0 heterocycles. The van der Waals surface area contributed by atoms with Gasteiger partial charge in [-0.05, 0) is 49.6 Å². The average molecular weight is 413 g/mol. The fraction of sp³-hybridized carbons (Fsp3) is 0.391. The fourth-order valence-corrected chi connectivity index (χ4v) is 2.87. The maximum Gasteiger partial charge on any atom is 0.257 e. The number of guanidine groups is 1. The minimum absolute atomic E-state index is 0.00764. The van der Waals surface area contributed by atoms with E-state index in [1.165, 1.54) is 0 Å². The predicted octanol–water partition coefficient (Wildman–Crippen LogP) is 2.51. The first-order valence-corrected chi connectivity index (χ1v) is 10.3. The summed E-state index contributed by atoms with van der Waals surface area (Å²) in [6.07, 6.45) is 0.831. The number of likely N-dealkylation sites (N-methyl/N-ethyl adjacent to an activating group) is 1. The number of nitrogens with one attached hydrogen (secondary N) is 3. The Morgan fingerprint density at radius 3 is 2.57 bits per heavy atom. The number of carbonyl (C=O) groups is 1. The van der Waals surface area contributed by atoms with Crippen molar-refractivity contribution in [2.24, 2.45) is 4.99 Å². The van der Waals surface area contributed by atoms with Crippen molar-refractivity contribution in [3.05, 3.63) is 59.7 Å². The van der Waals surface area contributed by atoms with E-state index in [0.717, 1.165) is 42.3 Å². The van der Waals surface area contributed by atoms with Crippen molar-refractivity contribution in [3.8, 4) is 11.5 Å². The topological polar surface area (TPSA) is 84.0 Å². The van der Waals surface area contributed by atoms with Crippen LogP contribution in [0.2, 0.25) is 0 Å². The number of rotatable bonds is 11. The number of hydrogen-bond donors (Lipinski definition) is 3. The summed E-state index contributed by atoms with van der Waals surface area (Å²) < 4.78 is 11.0. The lowest BCUT2D eigenvalue weighted by Crippen LogP contribution is -2.38. The molecule has 0 aliphatic carbocycles. The lowest BCUT2D eigenvalue weighted by molar-refractivity contribution is -0.122. The van der Waals surface area contributed by atoms with Crippen LogP contribution in [0.25, 0.3) is 0 Å². The number of carbonyl (C=O) groups excluding carboxylic acids is 1. The Balaban J connectivity index is 1.90. The van der Waals surface area contributed by atoms with Crippen LogP contribution in [0.4, 0.5) is 0 Å². The summed E-state index contributed by atoms with van der Waals surface area (Å²) in [4.78, 5) is 16.2. The molecular weight excluding hydrogens is 380 g/mol. The van der Waals surface area contributed by atoms with Crippen molar-refractivity contribution in [2.45, 2.75) is 26.8 Å². The Labute approximate surface area is 178 Å². The number of nitrogens with zero attached hydrogens (tertiary/aromatic N) is 1. The summed E-state index contributed by atoms with van der Waals surface area (Å²) in [5.41, 5.74) is 2.16. The highest BCUT2D eigenvalue weighted by Crippen LogP contribution is 2.17. The molecule has 0 bridgehead atoms. The summed E-state index contributed by atoms with van der Waals surface area (Å²) in [7, 11) is 1.69. The molecule has 3 N–H and O–H groups in total. The number of benzene rings is 2. The van der Waals surface area contributed by atoms with E-state index in [0.29, 0.717) is 18.8 Å². The van der Waals surface area contributed by atoms with Gasteiger partial charge in [-0.2, -0.15) is 0 Å². The molecule has 1 amide bonds. The molecule has 0 saturated heterocycles. The van der Waals surface area contributed by atoms with Gasteiger partial charge in [0.25, 0.3) is 5.91 Å². The Bertz CT molecular complexity index is 824. The third-order valence-electron chi connectivity index (χ3n) is 4.29. The first-order valence-electron chi connectivity index (χ1n) is 10.3. The SMILES string of the molecule is CCNC(=O)COc1cccc(CN=C(NCC)NCCc2ccccc2OC)c1. The summed E-state index contributed by atoms with van der Waals surface area (Å²) in [6, 6.07) is 15.6. The monoisotopic (exact) mass is 412 g/mol. The van der Waals surface area contributed by atoms with Crippen LogP contribution in [-0.4, -0.2) is 45.2 Å². The molecule has 7 heteroatoms. The molecule has 30 heavy (non-hydrogen) atoms. The molecule has 0 aliphatic rings. The van der Waals surface area contributed by atoms with Gasteiger partial charge in [0.2, 0.25) is 0 Å². The number of hydrogen-bond acceptors (Lipinski definition) is 4. The Hall–Kier alpha value is -3.22. The molecule has 0 saturated carbocycles. The van der Waals surface area contributed by atoms with Crippen LogP contribution in [0.5, 0.6) is 11.5 Å². The van der Waals surface area contributed by atoms with Gasteiger partial charge in [-0.3, -0.25) is 4.79 Å². The predicted molar refractivity (Wildman–Crippen MR) is 120 cm³/mol. The van der Waals surface area contributed by atoms with E-state index in [2.05, 4.69) is 27.0 Å². The van der Waals surface area contributed by atoms with Crippen LogP contribution in [0.1, 0.15) is 25.0 Å². The van der Waals surface area contributed by atoms with Crippen molar-refractivity contribution in [1.82, 2.24) is 16.0 Å². The molecule has 0 fully saturated rings. The molecule has 2 aromatic carbocycles. The largest absolute Gasteiger partial charge is 0.496 e. The number of ether oxygens (including phenoxy) is 2. The summed E-state index contributed by atoms with van der Waals surface area (Å²) in [6.45, 7) is 6.53. The van der Waals surface area contributed by atoms with Crippen molar-refractivity contribution in [1.29, 1.82) is 0 Å². The third-order valence-corrected chi connectivity index (χ3v) is 4.29. The normalized spacial score (nSPS) is 11.0. The van der Waals surface area contributed by atoms with Crippen molar-refractivity contribution < 1.29 is 14.3 Å². The second kappa shape index (κ2) is 13.1. The zero-order valence-electron chi connectivity index (χ0n) is 18.0. The molecule has 7 nitrogen and oxygen atoms in total. The van der Waals surface area contributed by atoms with Crippen LogP contribution in [0.15, 0.2) is 53.5 Å². The lowest BCUT2D eigenvalue weighted by Gasteiger charge is -2.13. The van der Waals surface area contributed by atoms with Crippen molar-refractivity contribution in [3.63, 3.8) is 0 Å². The molecule has 0 aromatic heterocycles. The van der Waals surface area contributed by atoms with Gasteiger partial charge in [0.15, 0.2) is 12.6 Å². The van der Waals surface area contributed by atoms with E-state index in [4.69, 9.17) is 9.47 Å². The highest BCUT2D eigenvalue weighted by Gasteiger charge is 2.04. The minimum atomic E-state index is -0.130. The maximum absolute atomic E-state index is 11.5. The van der Waals surface area contributed by atoms with Crippen LogP contribution < -0.4 is 25.4 Å². The third kappa shape index (κ3) is 8.03. The second-order valence-electron chi connectivity index (χ2n) is 6.57. The van der Waals surface area contributed by atoms with Gasteiger partial charge in [-0.25, -0.2) is 4.99 Å². The van der Waals surface area contributed by atoms with E-state index >= 15 is 0 Å². The number of para-hydroxylation sites is 1. The first kappa shape index (κ1) is 23.1.